The van der Waals surface area contributed by atoms with Crippen LogP contribution in [0.25, 0.3) is 11.0 Å². The maximum atomic E-state index is 14.8. The predicted molar refractivity (Wildman–Crippen MR) is 116 cm³/mol. The molecule has 4 aromatic rings. The molecule has 0 aliphatic rings. The summed E-state index contributed by atoms with van der Waals surface area (Å²) in [5.41, 5.74) is 0.279. The van der Waals surface area contributed by atoms with Crippen LogP contribution in [0.4, 0.5) is 10.1 Å². The summed E-state index contributed by atoms with van der Waals surface area (Å²) in [6.45, 7) is 1.72. The summed E-state index contributed by atoms with van der Waals surface area (Å²) in [4.78, 5) is 20.6. The molecular weight excluding hydrogens is 462 g/mol. The van der Waals surface area contributed by atoms with Gasteiger partial charge in [-0.25, -0.2) is 24.3 Å². The second kappa shape index (κ2) is 9.98. The van der Waals surface area contributed by atoms with Crippen molar-refractivity contribution in [1.82, 2.24) is 9.97 Å². The molecule has 2 aromatic carbocycles. The Morgan fingerprint density at radius 3 is 2.61 bits per heavy atom. The number of aromatic nitrogens is 2. The van der Waals surface area contributed by atoms with Crippen LogP contribution in [0.5, 0.6) is 11.8 Å². The Labute approximate surface area is 211 Å². The smallest absolute Gasteiger partial charge is 1.00 e. The minimum absolute atomic E-state index is 0. The molecule has 12 heteroatoms. The fourth-order valence-electron chi connectivity index (χ4n) is 3.22. The van der Waals surface area contributed by atoms with E-state index < -0.39 is 21.7 Å². The molecule has 0 amide bonds. The van der Waals surface area contributed by atoms with Crippen molar-refractivity contribution in [1.29, 1.82) is 0 Å². The fourth-order valence-corrected chi connectivity index (χ4v) is 3.69. The normalized spacial score (nSPS) is 11.1. The average Bonchev–Trinajstić information content (AvgIpc) is 2.73. The van der Waals surface area contributed by atoms with Gasteiger partial charge in [-0.15, -0.1) is 0 Å². The number of halogens is 1. The minimum atomic E-state index is -4.15. The second-order valence-corrected chi connectivity index (χ2v) is 8.18. The maximum Gasteiger partial charge on any atom is 1.00 e. The van der Waals surface area contributed by atoms with Crippen LogP contribution in [0.1, 0.15) is 18.1 Å². The van der Waals surface area contributed by atoms with Gasteiger partial charge in [0.2, 0.25) is 0 Å². The van der Waals surface area contributed by atoms with Gasteiger partial charge >= 0.3 is 41.2 Å². The number of rotatable bonds is 6. The summed E-state index contributed by atoms with van der Waals surface area (Å²) in [6, 6.07) is 10.9. The first kappa shape index (κ1) is 24.8. The molecule has 0 saturated carbocycles. The van der Waals surface area contributed by atoms with E-state index in [4.69, 9.17) is 14.3 Å². The van der Waals surface area contributed by atoms with Crippen LogP contribution in [-0.2, 0) is 16.6 Å². The van der Waals surface area contributed by atoms with Gasteiger partial charge in [0.05, 0.1) is 5.69 Å². The Kier molecular flexibility index (Phi) is 7.50. The third-order valence-corrected chi connectivity index (χ3v) is 5.21. The molecule has 2 heterocycles. The van der Waals surface area contributed by atoms with Gasteiger partial charge in [-0.05, 0) is 42.3 Å². The number of hydrogen-bond acceptors (Lipinski definition) is 7. The van der Waals surface area contributed by atoms with E-state index in [9.17, 15) is 17.6 Å². The number of fused-ring (bicyclic) bond motifs is 1. The van der Waals surface area contributed by atoms with Crippen molar-refractivity contribution < 1.29 is 52.9 Å². The number of nitrogens with zero attached hydrogens (tertiary/aromatic N) is 2. The molecule has 166 valence electrons. The molecule has 4 rings (SSSR count). The Morgan fingerprint density at radius 2 is 1.91 bits per heavy atom. The molecule has 0 aliphatic carbocycles. The van der Waals surface area contributed by atoms with Crippen molar-refractivity contribution in [3.63, 3.8) is 0 Å². The van der Waals surface area contributed by atoms with Crippen LogP contribution >= 0.6 is 0 Å². The second-order valence-electron chi connectivity index (χ2n) is 6.89. The topological polar surface area (TPSA) is 137 Å². The van der Waals surface area contributed by atoms with Gasteiger partial charge in [0.15, 0.2) is 5.82 Å². The molecule has 33 heavy (non-hydrogen) atoms. The summed E-state index contributed by atoms with van der Waals surface area (Å²) in [6.07, 6.45) is 2.96. The van der Waals surface area contributed by atoms with Gasteiger partial charge in [0, 0.05) is 35.8 Å². The fraction of sp³-hybridized carbons (Fsp3) is 0.0952. The molecule has 0 spiro atoms. The first-order valence-corrected chi connectivity index (χ1v) is 10.8. The zero-order valence-corrected chi connectivity index (χ0v) is 20.5. The first-order valence-electron chi connectivity index (χ1n) is 9.30. The minimum Gasteiger partial charge on any atom is -1.00 e. The van der Waals surface area contributed by atoms with Gasteiger partial charge in [-0.1, -0.05) is 12.1 Å². The Morgan fingerprint density at radius 1 is 1.18 bits per heavy atom. The van der Waals surface area contributed by atoms with Crippen molar-refractivity contribution in [2.45, 2.75) is 13.3 Å². The summed E-state index contributed by atoms with van der Waals surface area (Å²) in [5.74, 6) is -0.446. The number of aryl methyl sites for hydroxylation is 1. The van der Waals surface area contributed by atoms with E-state index in [2.05, 4.69) is 9.97 Å². The van der Waals surface area contributed by atoms with E-state index in [1.807, 2.05) is 4.72 Å². The van der Waals surface area contributed by atoms with E-state index >= 15 is 0 Å². The van der Waals surface area contributed by atoms with E-state index in [0.717, 1.165) is 0 Å². The first-order chi connectivity index (χ1) is 15.2. The van der Waals surface area contributed by atoms with Crippen LogP contribution in [0.3, 0.4) is 0 Å². The number of nitrogens with two attached hydrogens (primary N) is 1. The van der Waals surface area contributed by atoms with Gasteiger partial charge in [0.25, 0.3) is 10.2 Å². The summed E-state index contributed by atoms with van der Waals surface area (Å²) in [7, 11) is -4.15. The van der Waals surface area contributed by atoms with E-state index in [1.165, 1.54) is 30.6 Å². The standard InChI is InChI=1S/C21H17FN4O5S.Na.H/c1-12-15-7-6-14(30-21-24-8-3-9-25-21)11-18(15)31-20(27)16(12)10-13-4-2-5-17(19(13)22)26-32(23,28)29;;/h2-9,11,26H,10H2,1H3,(H2,23,28,29);;/q;+1;-1. The summed E-state index contributed by atoms with van der Waals surface area (Å²) in [5, 5.41) is 5.56. The van der Waals surface area contributed by atoms with Gasteiger partial charge in [0.1, 0.15) is 11.3 Å². The number of benzene rings is 2. The largest absolute Gasteiger partial charge is 1.00 e. The SMILES string of the molecule is Cc1c(Cc2cccc(NS(N)(=O)=O)c2F)c(=O)oc2cc(Oc3ncccn3)ccc12.[H-].[Na+]. The molecule has 2 aromatic heterocycles. The van der Waals surface area contributed by atoms with Crippen molar-refractivity contribution in [3.8, 4) is 11.8 Å². The average molecular weight is 480 g/mol. The van der Waals surface area contributed by atoms with Crippen molar-refractivity contribution >= 4 is 26.9 Å². The molecule has 9 nitrogen and oxygen atoms in total. The Bertz CT molecular complexity index is 1490. The van der Waals surface area contributed by atoms with Crippen molar-refractivity contribution in [3.05, 3.63) is 87.8 Å². The summed E-state index contributed by atoms with van der Waals surface area (Å²) >= 11 is 0. The van der Waals surface area contributed by atoms with Crippen molar-refractivity contribution in [2.75, 3.05) is 4.72 Å². The monoisotopic (exact) mass is 480 g/mol. The maximum absolute atomic E-state index is 14.8. The molecule has 0 unspecified atom stereocenters. The molecule has 0 bridgehead atoms. The number of anilines is 1. The Hall–Kier alpha value is -2.83. The number of ether oxygens (including phenoxy) is 1. The quantitative estimate of drug-likeness (QED) is 0.296. The number of nitrogens with one attached hydrogen (secondary N) is 1. The van der Waals surface area contributed by atoms with Gasteiger partial charge < -0.3 is 10.6 Å². The molecule has 0 atom stereocenters. The van der Waals surface area contributed by atoms with Crippen LogP contribution in [0.2, 0.25) is 0 Å². The van der Waals surface area contributed by atoms with Crippen LogP contribution in [0, 0.1) is 12.7 Å². The Balaban J connectivity index is 0.00000204. The van der Waals surface area contributed by atoms with Gasteiger partial charge in [-0.3, -0.25) is 4.72 Å². The molecule has 0 fully saturated rings. The summed E-state index contributed by atoms with van der Waals surface area (Å²) < 4.78 is 50.2. The molecular formula is C21H18FN4NaO5S. The molecule has 3 N–H and O–H groups in total. The van der Waals surface area contributed by atoms with Gasteiger partial charge in [-0.2, -0.15) is 8.42 Å². The van der Waals surface area contributed by atoms with Crippen molar-refractivity contribution in [2.24, 2.45) is 5.14 Å². The van der Waals surface area contributed by atoms with E-state index in [-0.39, 0.29) is 65.8 Å². The van der Waals surface area contributed by atoms with Crippen LogP contribution < -0.4 is 49.8 Å². The zero-order valence-electron chi connectivity index (χ0n) is 18.7. The molecule has 0 aliphatic heterocycles. The predicted octanol–water partition coefficient (Wildman–Crippen LogP) is 0.146. The third-order valence-electron chi connectivity index (χ3n) is 4.71. The van der Waals surface area contributed by atoms with Crippen LogP contribution in [0.15, 0.2) is 64.1 Å². The zero-order chi connectivity index (χ0) is 22.9. The number of hydrogen-bond donors (Lipinski definition) is 2. The third kappa shape index (κ3) is 5.75. The van der Waals surface area contributed by atoms with Crippen LogP contribution in [-0.4, -0.2) is 18.4 Å². The van der Waals surface area contributed by atoms with E-state index in [1.54, 1.807) is 31.2 Å². The molecule has 0 saturated heterocycles. The van der Waals surface area contributed by atoms with E-state index in [0.29, 0.717) is 16.7 Å². The molecule has 0 radical (unpaired) electrons.